The van der Waals surface area contributed by atoms with Gasteiger partial charge in [-0.1, -0.05) is 100 Å². The summed E-state index contributed by atoms with van der Waals surface area (Å²) in [6.07, 6.45) is 0. The Bertz CT molecular complexity index is 2280. The van der Waals surface area contributed by atoms with Gasteiger partial charge in [0.25, 0.3) is 11.8 Å². The lowest BCUT2D eigenvalue weighted by atomic mass is 9.83. The van der Waals surface area contributed by atoms with Crippen molar-refractivity contribution < 1.29 is 9.59 Å². The standard InChI is InChI=1S/C42H36N2O2/c1-23(2)27-9-7-10-28(24(3)4)40(27)44-41(45)35-21-19-33-31-12-8-11-30-29(25-13-15-26(16-14-25)43(5)6)17-18-32(37(30)31)34-20-22-36(42(44)46)39(35)38(33)34/h7-24H,1-6H3. The van der Waals surface area contributed by atoms with Gasteiger partial charge in [0.15, 0.2) is 0 Å². The first kappa shape index (κ1) is 28.3. The Morgan fingerprint density at radius 2 is 0.978 bits per heavy atom. The number of imide groups is 1. The van der Waals surface area contributed by atoms with E-state index in [1.54, 1.807) is 0 Å². The highest BCUT2D eigenvalue weighted by Crippen LogP contribution is 2.47. The van der Waals surface area contributed by atoms with Crippen LogP contribution in [-0.4, -0.2) is 25.9 Å². The fraction of sp³-hybridized carbons (Fsp3) is 0.190. The van der Waals surface area contributed by atoms with Gasteiger partial charge in [0, 0.05) is 36.3 Å². The second kappa shape index (κ2) is 10.1. The van der Waals surface area contributed by atoms with E-state index in [2.05, 4.69) is 113 Å². The molecular formula is C42H36N2O2. The highest BCUT2D eigenvalue weighted by Gasteiger charge is 2.38. The largest absolute Gasteiger partial charge is 0.378 e. The molecule has 1 aliphatic heterocycles. The minimum Gasteiger partial charge on any atom is -0.378 e. The second-order valence-corrected chi connectivity index (χ2v) is 13.4. The first-order valence-electron chi connectivity index (χ1n) is 16.1. The van der Waals surface area contributed by atoms with E-state index in [0.717, 1.165) is 54.8 Å². The third-order valence-corrected chi connectivity index (χ3v) is 9.91. The van der Waals surface area contributed by atoms with Gasteiger partial charge in [0.2, 0.25) is 0 Å². The number of rotatable bonds is 5. The third-order valence-electron chi connectivity index (χ3n) is 9.91. The van der Waals surface area contributed by atoms with E-state index in [1.807, 2.05) is 30.3 Å². The Hall–Kier alpha value is -5.22. The van der Waals surface area contributed by atoms with E-state index in [9.17, 15) is 9.59 Å². The monoisotopic (exact) mass is 600 g/mol. The van der Waals surface area contributed by atoms with Crippen LogP contribution >= 0.6 is 0 Å². The zero-order chi connectivity index (χ0) is 32.0. The van der Waals surface area contributed by atoms with E-state index >= 15 is 0 Å². The summed E-state index contributed by atoms with van der Waals surface area (Å²) < 4.78 is 0. The van der Waals surface area contributed by atoms with Crippen molar-refractivity contribution in [3.05, 3.63) is 119 Å². The van der Waals surface area contributed by atoms with Gasteiger partial charge in [0.05, 0.1) is 5.69 Å². The molecule has 0 saturated carbocycles. The van der Waals surface area contributed by atoms with Gasteiger partial charge in [-0.25, -0.2) is 4.90 Å². The van der Waals surface area contributed by atoms with Crippen LogP contribution in [0.4, 0.5) is 11.4 Å². The number of carbonyl (C=O) groups is 2. The van der Waals surface area contributed by atoms with Crippen molar-refractivity contribution in [2.45, 2.75) is 39.5 Å². The minimum atomic E-state index is -0.253. The summed E-state index contributed by atoms with van der Waals surface area (Å²) >= 11 is 0. The Morgan fingerprint density at radius 3 is 1.52 bits per heavy atom. The number of benzene rings is 7. The van der Waals surface area contributed by atoms with Crippen molar-refractivity contribution >= 4 is 66.3 Å². The summed E-state index contributed by atoms with van der Waals surface area (Å²) in [5.41, 5.74) is 7.44. The summed E-state index contributed by atoms with van der Waals surface area (Å²) in [7, 11) is 4.11. The molecule has 0 fully saturated rings. The normalized spacial score (nSPS) is 13.4. The molecule has 1 heterocycles. The number of anilines is 2. The molecule has 1 aliphatic rings. The van der Waals surface area contributed by atoms with Crippen molar-refractivity contribution in [3.63, 3.8) is 0 Å². The van der Waals surface area contributed by atoms with Crippen LogP contribution in [0.15, 0.2) is 97.1 Å². The summed E-state index contributed by atoms with van der Waals surface area (Å²) in [6, 6.07) is 33.8. The Morgan fingerprint density at radius 1 is 0.500 bits per heavy atom. The van der Waals surface area contributed by atoms with Crippen molar-refractivity contribution in [2.75, 3.05) is 23.9 Å². The quantitative estimate of drug-likeness (QED) is 0.112. The molecule has 0 saturated heterocycles. The summed E-state index contributed by atoms with van der Waals surface area (Å²) in [5.74, 6) is -0.203. The number of nitrogens with zero attached hydrogens (tertiary/aromatic N) is 2. The smallest absolute Gasteiger partial charge is 0.266 e. The van der Waals surface area contributed by atoms with E-state index in [4.69, 9.17) is 0 Å². The minimum absolute atomic E-state index is 0.152. The average Bonchev–Trinajstić information content (AvgIpc) is 3.06. The van der Waals surface area contributed by atoms with Crippen molar-refractivity contribution in [1.82, 2.24) is 0 Å². The highest BCUT2D eigenvalue weighted by molar-refractivity contribution is 6.42. The van der Waals surface area contributed by atoms with Crippen LogP contribution in [0.3, 0.4) is 0 Å². The molecular weight excluding hydrogens is 564 g/mol. The third kappa shape index (κ3) is 3.86. The lowest BCUT2D eigenvalue weighted by Crippen LogP contribution is -2.41. The fourth-order valence-electron chi connectivity index (χ4n) is 7.65. The van der Waals surface area contributed by atoms with Crippen LogP contribution < -0.4 is 9.80 Å². The number of fused-ring (bicyclic) bond motifs is 2. The van der Waals surface area contributed by atoms with Crippen molar-refractivity contribution in [2.24, 2.45) is 0 Å². The van der Waals surface area contributed by atoms with Gasteiger partial charge in [-0.3, -0.25) is 9.59 Å². The van der Waals surface area contributed by atoms with Crippen LogP contribution in [0, 0.1) is 0 Å². The molecule has 0 aromatic heterocycles. The maximum absolute atomic E-state index is 14.5. The molecule has 4 nitrogen and oxygen atoms in total. The molecule has 46 heavy (non-hydrogen) atoms. The Kier molecular flexibility index (Phi) is 6.24. The number of para-hydroxylation sites is 1. The molecule has 0 bridgehead atoms. The molecule has 0 unspecified atom stereocenters. The van der Waals surface area contributed by atoms with Crippen molar-refractivity contribution in [3.8, 4) is 11.1 Å². The van der Waals surface area contributed by atoms with Gasteiger partial charge in [0.1, 0.15) is 0 Å². The zero-order valence-corrected chi connectivity index (χ0v) is 27.1. The van der Waals surface area contributed by atoms with Crippen LogP contribution in [0.5, 0.6) is 0 Å². The van der Waals surface area contributed by atoms with Gasteiger partial charge in [-0.15, -0.1) is 0 Å². The fourth-order valence-corrected chi connectivity index (χ4v) is 7.65. The summed E-state index contributed by atoms with van der Waals surface area (Å²) in [5, 5.41) is 8.53. The van der Waals surface area contributed by atoms with Crippen LogP contribution in [-0.2, 0) is 0 Å². The number of hydrogen-bond donors (Lipinski definition) is 0. The molecule has 2 amide bonds. The molecule has 7 aromatic carbocycles. The van der Waals surface area contributed by atoms with E-state index < -0.39 is 0 Å². The summed E-state index contributed by atoms with van der Waals surface area (Å²) in [6.45, 7) is 8.46. The number of hydrogen-bond acceptors (Lipinski definition) is 3. The molecule has 7 aromatic rings. The van der Waals surface area contributed by atoms with Crippen LogP contribution in [0.2, 0.25) is 0 Å². The Labute approximate surface area is 269 Å². The van der Waals surface area contributed by atoms with Gasteiger partial charge < -0.3 is 4.90 Å². The van der Waals surface area contributed by atoms with Gasteiger partial charge >= 0.3 is 0 Å². The topological polar surface area (TPSA) is 40.6 Å². The number of amides is 2. The van der Waals surface area contributed by atoms with Gasteiger partial charge in [-0.05, 0) is 96.1 Å². The summed E-state index contributed by atoms with van der Waals surface area (Å²) in [4.78, 5) is 32.6. The molecule has 226 valence electrons. The lowest BCUT2D eigenvalue weighted by molar-refractivity contribution is 0.0893. The Balaban J connectivity index is 1.39. The number of carbonyl (C=O) groups excluding carboxylic acids is 2. The van der Waals surface area contributed by atoms with E-state index in [0.29, 0.717) is 11.1 Å². The predicted octanol–water partition coefficient (Wildman–Crippen LogP) is 10.5. The van der Waals surface area contributed by atoms with E-state index in [1.165, 1.54) is 26.8 Å². The average molecular weight is 601 g/mol. The molecule has 0 N–H and O–H groups in total. The maximum atomic E-state index is 14.5. The highest BCUT2D eigenvalue weighted by atomic mass is 16.2. The first-order chi connectivity index (χ1) is 22.2. The molecule has 0 spiro atoms. The zero-order valence-electron chi connectivity index (χ0n) is 27.1. The molecule has 4 heteroatoms. The molecule has 0 radical (unpaired) electrons. The van der Waals surface area contributed by atoms with E-state index in [-0.39, 0.29) is 23.7 Å². The molecule has 0 aliphatic carbocycles. The van der Waals surface area contributed by atoms with Gasteiger partial charge in [-0.2, -0.15) is 0 Å². The SMILES string of the molecule is CC(C)c1cccc(C(C)C)c1N1C(=O)c2ccc3c4cccc5c(-c6ccc(N(C)C)cc6)ccc(c6ccc(c2c36)C1=O)c54. The predicted molar refractivity (Wildman–Crippen MR) is 193 cm³/mol. The first-order valence-corrected chi connectivity index (χ1v) is 16.1. The second-order valence-electron chi connectivity index (χ2n) is 13.4. The molecule has 0 atom stereocenters. The van der Waals surface area contributed by atoms with Crippen LogP contribution in [0.25, 0.3) is 54.2 Å². The van der Waals surface area contributed by atoms with Crippen LogP contribution in [0.1, 0.15) is 71.4 Å². The lowest BCUT2D eigenvalue weighted by Gasteiger charge is -2.32. The molecule has 8 rings (SSSR count). The van der Waals surface area contributed by atoms with Crippen molar-refractivity contribution in [1.29, 1.82) is 0 Å². The maximum Gasteiger partial charge on any atom is 0.266 e.